The van der Waals surface area contributed by atoms with Crippen molar-refractivity contribution in [1.82, 2.24) is 9.71 Å². The number of aromatic nitrogens is 1. The first-order chi connectivity index (χ1) is 7.49. The second-order valence-electron chi connectivity index (χ2n) is 3.30. The lowest BCUT2D eigenvalue weighted by Gasteiger charge is -2.07. The number of nitrogens with one attached hydrogen (secondary N) is 2. The summed E-state index contributed by atoms with van der Waals surface area (Å²) in [6.45, 7) is 1.12. The molecule has 5 nitrogen and oxygen atoms in total. The highest BCUT2D eigenvalue weighted by atomic mass is 79.9. The lowest BCUT2D eigenvalue weighted by Crippen LogP contribution is -2.24. The summed E-state index contributed by atoms with van der Waals surface area (Å²) in [4.78, 5) is 3.98. The molecule has 0 radical (unpaired) electrons. The number of halogens is 1. The van der Waals surface area contributed by atoms with Crippen molar-refractivity contribution < 1.29 is 8.42 Å². The number of pyridine rings is 1. The van der Waals surface area contributed by atoms with Gasteiger partial charge in [-0.1, -0.05) is 0 Å². The largest absolute Gasteiger partial charge is 0.383 e. The molecule has 90 valence electrons. The fourth-order valence-electron chi connectivity index (χ4n) is 1.08. The van der Waals surface area contributed by atoms with Crippen molar-refractivity contribution in [2.24, 2.45) is 0 Å². The molecule has 0 amide bonds. The van der Waals surface area contributed by atoms with E-state index in [0.717, 1.165) is 16.4 Å². The summed E-state index contributed by atoms with van der Waals surface area (Å²) >= 11 is 3.38. The van der Waals surface area contributed by atoms with Crippen LogP contribution < -0.4 is 10.0 Å². The molecule has 1 rings (SSSR count). The Bertz CT molecular complexity index is 436. The minimum absolute atomic E-state index is 0.434. The van der Waals surface area contributed by atoms with Gasteiger partial charge in [-0.25, -0.2) is 13.1 Å². The van der Waals surface area contributed by atoms with E-state index in [1.54, 1.807) is 12.4 Å². The van der Waals surface area contributed by atoms with Crippen LogP contribution in [0.4, 0.5) is 5.69 Å². The number of nitrogens with zero attached hydrogens (tertiary/aromatic N) is 1. The minimum atomic E-state index is -3.08. The molecule has 2 N–H and O–H groups in total. The van der Waals surface area contributed by atoms with Crippen LogP contribution in [0.5, 0.6) is 0 Å². The van der Waals surface area contributed by atoms with Crippen molar-refractivity contribution in [3.05, 3.63) is 22.9 Å². The zero-order valence-electron chi connectivity index (χ0n) is 8.90. The maximum Gasteiger partial charge on any atom is 0.208 e. The van der Waals surface area contributed by atoms with E-state index in [1.807, 2.05) is 6.07 Å². The monoisotopic (exact) mass is 307 g/mol. The topological polar surface area (TPSA) is 71.1 Å². The SMILES string of the molecule is CS(=O)(=O)NCCCNc1cnccc1Br. The van der Waals surface area contributed by atoms with Crippen LogP contribution in [0.3, 0.4) is 0 Å². The third-order valence-electron chi connectivity index (χ3n) is 1.80. The molecule has 0 saturated heterocycles. The third-order valence-corrected chi connectivity index (χ3v) is 3.22. The number of anilines is 1. The van der Waals surface area contributed by atoms with Crippen LogP contribution in [-0.2, 0) is 10.0 Å². The molecule has 1 heterocycles. The molecule has 0 aliphatic rings. The average molecular weight is 308 g/mol. The molecule has 0 bridgehead atoms. The Kier molecular flexibility index (Phi) is 5.17. The predicted molar refractivity (Wildman–Crippen MR) is 67.9 cm³/mol. The molecule has 7 heteroatoms. The van der Waals surface area contributed by atoms with Gasteiger partial charge in [-0.15, -0.1) is 0 Å². The summed E-state index contributed by atoms with van der Waals surface area (Å²) in [6, 6.07) is 1.84. The molecule has 16 heavy (non-hydrogen) atoms. The van der Waals surface area contributed by atoms with Crippen LogP contribution in [-0.4, -0.2) is 32.7 Å². The maximum absolute atomic E-state index is 10.8. The second kappa shape index (κ2) is 6.17. The second-order valence-corrected chi connectivity index (χ2v) is 5.99. The number of sulfonamides is 1. The van der Waals surface area contributed by atoms with Gasteiger partial charge in [0.15, 0.2) is 0 Å². The molecule has 0 fully saturated rings. The first kappa shape index (κ1) is 13.4. The van der Waals surface area contributed by atoms with E-state index in [0.29, 0.717) is 19.5 Å². The normalized spacial score (nSPS) is 11.4. The smallest absolute Gasteiger partial charge is 0.208 e. The summed E-state index contributed by atoms with van der Waals surface area (Å²) in [5.74, 6) is 0. The van der Waals surface area contributed by atoms with Gasteiger partial charge in [-0.2, -0.15) is 0 Å². The van der Waals surface area contributed by atoms with E-state index in [-0.39, 0.29) is 0 Å². The van der Waals surface area contributed by atoms with Gasteiger partial charge < -0.3 is 5.32 Å². The zero-order valence-corrected chi connectivity index (χ0v) is 11.3. The predicted octanol–water partition coefficient (Wildman–Crippen LogP) is 1.20. The Labute approximate surface area is 104 Å². The van der Waals surface area contributed by atoms with Gasteiger partial charge in [0.2, 0.25) is 10.0 Å². The molecule has 0 atom stereocenters. The first-order valence-electron chi connectivity index (χ1n) is 4.77. The lowest BCUT2D eigenvalue weighted by molar-refractivity contribution is 0.586. The van der Waals surface area contributed by atoms with Gasteiger partial charge in [0, 0.05) is 23.8 Å². The molecular formula is C9H14BrN3O2S. The average Bonchev–Trinajstić information content (AvgIpc) is 2.18. The summed E-state index contributed by atoms with van der Waals surface area (Å²) < 4.78 is 24.9. The van der Waals surface area contributed by atoms with Gasteiger partial charge in [-0.3, -0.25) is 4.98 Å². The number of hydrogen-bond donors (Lipinski definition) is 2. The van der Waals surface area contributed by atoms with Crippen molar-refractivity contribution in [3.8, 4) is 0 Å². The Balaban J connectivity index is 2.24. The fraction of sp³-hybridized carbons (Fsp3) is 0.444. The van der Waals surface area contributed by atoms with Gasteiger partial charge in [0.1, 0.15) is 0 Å². The van der Waals surface area contributed by atoms with Crippen LogP contribution in [0.25, 0.3) is 0 Å². The van der Waals surface area contributed by atoms with Crippen molar-refractivity contribution in [3.63, 3.8) is 0 Å². The molecule has 1 aromatic rings. The van der Waals surface area contributed by atoms with E-state index in [9.17, 15) is 8.42 Å². The van der Waals surface area contributed by atoms with Gasteiger partial charge in [0.25, 0.3) is 0 Å². The summed E-state index contributed by atoms with van der Waals surface area (Å²) in [6.07, 6.45) is 5.28. The van der Waals surface area contributed by atoms with E-state index < -0.39 is 10.0 Å². The van der Waals surface area contributed by atoms with Crippen LogP contribution in [0, 0.1) is 0 Å². The van der Waals surface area contributed by atoms with Crippen molar-refractivity contribution >= 4 is 31.6 Å². The van der Waals surface area contributed by atoms with E-state index in [2.05, 4.69) is 31.0 Å². The fourth-order valence-corrected chi connectivity index (χ4v) is 1.95. The molecule has 0 aromatic carbocycles. The van der Waals surface area contributed by atoms with E-state index in [4.69, 9.17) is 0 Å². The summed E-state index contributed by atoms with van der Waals surface area (Å²) in [5.41, 5.74) is 0.904. The molecule has 0 unspecified atom stereocenters. The lowest BCUT2D eigenvalue weighted by atomic mass is 10.4. The quantitative estimate of drug-likeness (QED) is 0.775. The number of hydrogen-bond acceptors (Lipinski definition) is 4. The molecule has 0 saturated carbocycles. The Morgan fingerprint density at radius 1 is 1.44 bits per heavy atom. The first-order valence-corrected chi connectivity index (χ1v) is 7.45. The molecular weight excluding hydrogens is 294 g/mol. The van der Waals surface area contributed by atoms with Crippen LogP contribution in [0.15, 0.2) is 22.9 Å². The van der Waals surface area contributed by atoms with Crippen molar-refractivity contribution in [2.45, 2.75) is 6.42 Å². The van der Waals surface area contributed by atoms with Gasteiger partial charge >= 0.3 is 0 Å². The molecule has 0 aliphatic heterocycles. The highest BCUT2D eigenvalue weighted by Gasteiger charge is 2.00. The van der Waals surface area contributed by atoms with Crippen LogP contribution >= 0.6 is 15.9 Å². The Morgan fingerprint density at radius 3 is 2.81 bits per heavy atom. The van der Waals surface area contributed by atoms with Gasteiger partial charge in [0.05, 0.1) is 18.1 Å². The summed E-state index contributed by atoms with van der Waals surface area (Å²) in [5, 5.41) is 3.15. The third kappa shape index (κ3) is 5.43. The Hall–Kier alpha value is -0.660. The van der Waals surface area contributed by atoms with E-state index in [1.165, 1.54) is 0 Å². The number of rotatable bonds is 6. The van der Waals surface area contributed by atoms with Crippen molar-refractivity contribution in [1.29, 1.82) is 0 Å². The van der Waals surface area contributed by atoms with Crippen LogP contribution in [0.1, 0.15) is 6.42 Å². The molecule has 1 aromatic heterocycles. The maximum atomic E-state index is 10.8. The highest BCUT2D eigenvalue weighted by Crippen LogP contribution is 2.19. The molecule has 0 spiro atoms. The van der Waals surface area contributed by atoms with Crippen LogP contribution in [0.2, 0.25) is 0 Å². The minimum Gasteiger partial charge on any atom is -0.383 e. The standard InChI is InChI=1S/C9H14BrN3O2S/c1-16(14,15)13-5-2-4-12-9-7-11-6-3-8(9)10/h3,6-7,12-13H,2,4-5H2,1H3. The summed E-state index contributed by atoms with van der Waals surface area (Å²) in [7, 11) is -3.08. The zero-order chi connectivity index (χ0) is 12.0. The van der Waals surface area contributed by atoms with E-state index >= 15 is 0 Å². The Morgan fingerprint density at radius 2 is 2.19 bits per heavy atom. The molecule has 0 aliphatic carbocycles. The highest BCUT2D eigenvalue weighted by molar-refractivity contribution is 9.10. The van der Waals surface area contributed by atoms with Gasteiger partial charge in [-0.05, 0) is 28.4 Å². The van der Waals surface area contributed by atoms with Crippen molar-refractivity contribution in [2.75, 3.05) is 24.7 Å².